The van der Waals surface area contributed by atoms with Crippen LogP contribution in [0.15, 0.2) is 48.0 Å². The first-order chi connectivity index (χ1) is 13.8. The van der Waals surface area contributed by atoms with Gasteiger partial charge in [-0.1, -0.05) is 11.6 Å². The summed E-state index contributed by atoms with van der Waals surface area (Å²) < 4.78 is 10.6. The number of rotatable bonds is 5. The maximum atomic E-state index is 12.2. The average molecular weight is 415 g/mol. The number of amides is 2. The second-order valence-corrected chi connectivity index (χ2v) is 6.98. The molecule has 2 aromatic rings. The smallest absolute Gasteiger partial charge is 0.338 e. The molecule has 1 aliphatic rings. The molecule has 29 heavy (non-hydrogen) atoms. The number of nitrogens with one attached hydrogen (secondary N) is 1. The van der Waals surface area contributed by atoms with Crippen molar-refractivity contribution in [3.8, 4) is 5.75 Å². The molecule has 0 radical (unpaired) electrons. The fraction of sp³-hybridized carbons (Fsp3) is 0.190. The molecule has 8 heteroatoms. The van der Waals surface area contributed by atoms with E-state index in [0.717, 1.165) is 0 Å². The molecular formula is C21H19ClN2O5. The van der Waals surface area contributed by atoms with Crippen LogP contribution >= 0.6 is 11.6 Å². The first-order valence-electron chi connectivity index (χ1n) is 8.75. The molecule has 1 heterocycles. The van der Waals surface area contributed by atoms with Crippen LogP contribution in [0.3, 0.4) is 0 Å². The lowest BCUT2D eigenvalue weighted by molar-refractivity contribution is -0.143. The van der Waals surface area contributed by atoms with E-state index in [1.165, 1.54) is 4.90 Å². The number of esters is 1. The van der Waals surface area contributed by atoms with Crippen molar-refractivity contribution in [2.75, 3.05) is 32.6 Å². The number of carbonyl (C=O) groups is 3. The molecular weight excluding hydrogens is 396 g/mol. The van der Waals surface area contributed by atoms with E-state index in [1.54, 1.807) is 62.6 Å². The third kappa shape index (κ3) is 5.14. The SMILES string of the molecule is CN(C)C(=O)c1ccc(NC(=O)COC(=O)C2=Cc3cc(Cl)ccc3OC2)cc1. The Kier molecular flexibility index (Phi) is 6.19. The zero-order chi connectivity index (χ0) is 21.0. The van der Waals surface area contributed by atoms with Crippen LogP contribution in [0.25, 0.3) is 6.08 Å². The standard InChI is InChI=1S/C21H19ClN2O5/c1-24(2)20(26)13-3-6-17(7-4-13)23-19(25)12-29-21(27)15-9-14-10-16(22)5-8-18(14)28-11-15/h3-10H,11-12H2,1-2H3,(H,23,25). The highest BCUT2D eigenvalue weighted by molar-refractivity contribution is 6.30. The average Bonchev–Trinajstić information content (AvgIpc) is 2.71. The molecule has 0 unspecified atom stereocenters. The van der Waals surface area contributed by atoms with Crippen LogP contribution in [0.2, 0.25) is 5.02 Å². The number of ether oxygens (including phenoxy) is 2. The van der Waals surface area contributed by atoms with Crippen LogP contribution in [-0.2, 0) is 14.3 Å². The summed E-state index contributed by atoms with van der Waals surface area (Å²) in [5.41, 5.74) is 1.96. The minimum atomic E-state index is -0.641. The number of benzene rings is 2. The Hall–Kier alpha value is -3.32. The number of carbonyl (C=O) groups excluding carboxylic acids is 3. The van der Waals surface area contributed by atoms with Crippen molar-refractivity contribution in [1.29, 1.82) is 0 Å². The third-order valence-electron chi connectivity index (χ3n) is 4.10. The summed E-state index contributed by atoms with van der Waals surface area (Å²) in [7, 11) is 3.32. The minimum Gasteiger partial charge on any atom is -0.488 e. The van der Waals surface area contributed by atoms with E-state index in [2.05, 4.69) is 5.32 Å². The largest absolute Gasteiger partial charge is 0.488 e. The van der Waals surface area contributed by atoms with Gasteiger partial charge in [0.2, 0.25) is 0 Å². The van der Waals surface area contributed by atoms with Gasteiger partial charge in [0.25, 0.3) is 11.8 Å². The summed E-state index contributed by atoms with van der Waals surface area (Å²) in [6.07, 6.45) is 1.63. The first kappa shape index (κ1) is 20.4. The molecule has 150 valence electrons. The van der Waals surface area contributed by atoms with Crippen LogP contribution in [0.1, 0.15) is 15.9 Å². The van der Waals surface area contributed by atoms with E-state index in [4.69, 9.17) is 21.1 Å². The Morgan fingerprint density at radius 2 is 1.86 bits per heavy atom. The van der Waals surface area contributed by atoms with Crippen LogP contribution in [-0.4, -0.2) is 50.0 Å². The Morgan fingerprint density at radius 1 is 1.14 bits per heavy atom. The number of hydrogen-bond acceptors (Lipinski definition) is 5. The minimum absolute atomic E-state index is 0.0520. The van der Waals surface area contributed by atoms with Crippen molar-refractivity contribution in [3.05, 3.63) is 64.2 Å². The second-order valence-electron chi connectivity index (χ2n) is 6.54. The molecule has 2 aromatic carbocycles. The first-order valence-corrected chi connectivity index (χ1v) is 9.13. The van der Waals surface area contributed by atoms with Gasteiger partial charge in [-0.25, -0.2) is 4.79 Å². The van der Waals surface area contributed by atoms with Crippen LogP contribution in [0.4, 0.5) is 5.69 Å². The number of fused-ring (bicyclic) bond motifs is 1. The number of hydrogen-bond donors (Lipinski definition) is 1. The normalized spacial score (nSPS) is 12.2. The van der Waals surface area contributed by atoms with Crippen LogP contribution in [0.5, 0.6) is 5.75 Å². The summed E-state index contributed by atoms with van der Waals surface area (Å²) in [5.74, 6) is -0.647. The fourth-order valence-corrected chi connectivity index (χ4v) is 2.82. The molecule has 2 amide bonds. The van der Waals surface area contributed by atoms with Gasteiger partial charge in [-0.15, -0.1) is 0 Å². The van der Waals surface area contributed by atoms with E-state index in [-0.39, 0.29) is 12.5 Å². The Balaban J connectivity index is 1.54. The Labute approximate surface area is 172 Å². The van der Waals surface area contributed by atoms with Crippen molar-refractivity contribution in [2.45, 2.75) is 0 Å². The topological polar surface area (TPSA) is 84.9 Å². The van der Waals surface area contributed by atoms with E-state index in [0.29, 0.717) is 33.2 Å². The Bertz CT molecular complexity index is 983. The predicted molar refractivity (Wildman–Crippen MR) is 109 cm³/mol. The molecule has 1 aliphatic heterocycles. The van der Waals surface area contributed by atoms with Crippen molar-refractivity contribution < 1.29 is 23.9 Å². The molecule has 0 saturated carbocycles. The lowest BCUT2D eigenvalue weighted by Gasteiger charge is -2.17. The summed E-state index contributed by atoms with van der Waals surface area (Å²) >= 11 is 5.95. The van der Waals surface area contributed by atoms with Gasteiger partial charge >= 0.3 is 5.97 Å². The van der Waals surface area contributed by atoms with Crippen molar-refractivity contribution in [3.63, 3.8) is 0 Å². The van der Waals surface area contributed by atoms with E-state index < -0.39 is 18.5 Å². The molecule has 0 fully saturated rings. The highest BCUT2D eigenvalue weighted by Gasteiger charge is 2.19. The zero-order valence-corrected chi connectivity index (χ0v) is 16.7. The van der Waals surface area contributed by atoms with E-state index >= 15 is 0 Å². The quantitative estimate of drug-likeness (QED) is 0.760. The molecule has 0 bridgehead atoms. The number of halogens is 1. The fourth-order valence-electron chi connectivity index (χ4n) is 2.64. The van der Waals surface area contributed by atoms with Gasteiger partial charge in [-0.2, -0.15) is 0 Å². The summed E-state index contributed by atoms with van der Waals surface area (Å²) in [6.45, 7) is -0.395. The van der Waals surface area contributed by atoms with Crippen LogP contribution in [0, 0.1) is 0 Å². The van der Waals surface area contributed by atoms with Gasteiger partial charge in [0.15, 0.2) is 6.61 Å². The molecule has 0 atom stereocenters. The highest BCUT2D eigenvalue weighted by atomic mass is 35.5. The van der Waals surface area contributed by atoms with Crippen LogP contribution < -0.4 is 10.1 Å². The predicted octanol–water partition coefficient (Wildman–Crippen LogP) is 3.00. The maximum absolute atomic E-state index is 12.2. The molecule has 0 saturated heterocycles. The lowest BCUT2D eigenvalue weighted by Crippen LogP contribution is -2.24. The van der Waals surface area contributed by atoms with Gasteiger partial charge in [0.1, 0.15) is 12.4 Å². The van der Waals surface area contributed by atoms with Gasteiger partial charge in [-0.3, -0.25) is 9.59 Å². The summed E-state index contributed by atoms with van der Waals surface area (Å²) in [5, 5.41) is 3.13. The van der Waals surface area contributed by atoms with Crippen molar-refractivity contribution >= 4 is 41.1 Å². The maximum Gasteiger partial charge on any atom is 0.338 e. The number of nitrogens with zero attached hydrogens (tertiary/aromatic N) is 1. The van der Waals surface area contributed by atoms with Crippen molar-refractivity contribution in [2.24, 2.45) is 0 Å². The highest BCUT2D eigenvalue weighted by Crippen LogP contribution is 2.29. The van der Waals surface area contributed by atoms with Gasteiger partial charge in [-0.05, 0) is 48.5 Å². The molecule has 7 nitrogen and oxygen atoms in total. The van der Waals surface area contributed by atoms with Gasteiger partial charge in [0, 0.05) is 35.9 Å². The van der Waals surface area contributed by atoms with Crippen molar-refractivity contribution in [1.82, 2.24) is 4.90 Å². The number of anilines is 1. The second kappa shape index (κ2) is 8.79. The molecule has 3 rings (SSSR count). The molecule has 1 N–H and O–H groups in total. The molecule has 0 aromatic heterocycles. The van der Waals surface area contributed by atoms with Gasteiger partial charge in [0.05, 0.1) is 5.57 Å². The zero-order valence-electron chi connectivity index (χ0n) is 15.9. The third-order valence-corrected chi connectivity index (χ3v) is 4.34. The lowest BCUT2D eigenvalue weighted by atomic mass is 10.1. The van der Waals surface area contributed by atoms with E-state index in [9.17, 15) is 14.4 Å². The summed E-state index contributed by atoms with van der Waals surface area (Å²) in [4.78, 5) is 37.6. The molecule has 0 spiro atoms. The van der Waals surface area contributed by atoms with E-state index in [1.807, 2.05) is 0 Å². The van der Waals surface area contributed by atoms with Gasteiger partial charge < -0.3 is 19.7 Å². The Morgan fingerprint density at radius 3 is 2.55 bits per heavy atom. The monoisotopic (exact) mass is 414 g/mol. The molecule has 0 aliphatic carbocycles. The summed E-state index contributed by atoms with van der Waals surface area (Å²) in [6, 6.07) is 11.5.